The first-order valence-corrected chi connectivity index (χ1v) is 5.55. The lowest BCUT2D eigenvalue weighted by molar-refractivity contribution is -0.117. The Balaban J connectivity index is 2.16. The topological polar surface area (TPSA) is 70.7 Å². The number of hydrogen-bond acceptors (Lipinski definition) is 3. The molecule has 0 aliphatic carbocycles. The summed E-state index contributed by atoms with van der Waals surface area (Å²) in [5.41, 5.74) is 0.580. The van der Waals surface area contributed by atoms with E-state index in [9.17, 15) is 4.79 Å². The molecule has 2 aromatic heterocycles. The van der Waals surface area contributed by atoms with E-state index in [1.807, 2.05) is 32.9 Å². The SMILES string of the molecule is CC(C)(C)CC(=O)Nc1[nH]nc2ncccc12. The van der Waals surface area contributed by atoms with Crippen molar-refractivity contribution in [3.8, 4) is 0 Å². The number of fused-ring (bicyclic) bond motifs is 1. The molecule has 0 saturated heterocycles. The van der Waals surface area contributed by atoms with E-state index in [2.05, 4.69) is 20.5 Å². The first-order chi connectivity index (χ1) is 7.96. The molecule has 1 amide bonds. The van der Waals surface area contributed by atoms with Gasteiger partial charge >= 0.3 is 0 Å². The number of aromatic nitrogens is 3. The molecule has 0 bridgehead atoms. The molecule has 5 heteroatoms. The van der Waals surface area contributed by atoms with Crippen LogP contribution in [0.4, 0.5) is 5.82 Å². The van der Waals surface area contributed by atoms with Gasteiger partial charge in [0, 0.05) is 12.6 Å². The maximum absolute atomic E-state index is 11.8. The van der Waals surface area contributed by atoms with Gasteiger partial charge in [0.05, 0.1) is 5.39 Å². The molecule has 2 heterocycles. The minimum atomic E-state index is -0.0296. The third-order valence-electron chi connectivity index (χ3n) is 2.28. The first kappa shape index (κ1) is 11.6. The van der Waals surface area contributed by atoms with E-state index in [4.69, 9.17) is 0 Å². The van der Waals surface area contributed by atoms with Gasteiger partial charge < -0.3 is 5.32 Å². The van der Waals surface area contributed by atoms with Crippen LogP contribution in [0.3, 0.4) is 0 Å². The van der Waals surface area contributed by atoms with Gasteiger partial charge in [0.25, 0.3) is 0 Å². The summed E-state index contributed by atoms with van der Waals surface area (Å²) in [6.07, 6.45) is 2.14. The van der Waals surface area contributed by atoms with Crippen LogP contribution < -0.4 is 5.32 Å². The molecular weight excluding hydrogens is 216 g/mol. The monoisotopic (exact) mass is 232 g/mol. The van der Waals surface area contributed by atoms with Gasteiger partial charge in [-0.05, 0) is 17.5 Å². The molecule has 17 heavy (non-hydrogen) atoms. The number of rotatable bonds is 2. The lowest BCUT2D eigenvalue weighted by atomic mass is 9.92. The maximum Gasteiger partial charge on any atom is 0.226 e. The van der Waals surface area contributed by atoms with Crippen LogP contribution in [0.15, 0.2) is 18.3 Å². The molecule has 5 nitrogen and oxygen atoms in total. The van der Waals surface area contributed by atoms with Gasteiger partial charge in [-0.2, -0.15) is 5.10 Å². The summed E-state index contributed by atoms with van der Waals surface area (Å²) in [7, 11) is 0. The maximum atomic E-state index is 11.8. The highest BCUT2D eigenvalue weighted by Crippen LogP contribution is 2.21. The number of H-pyrrole nitrogens is 1. The van der Waals surface area contributed by atoms with Crippen molar-refractivity contribution in [3.63, 3.8) is 0 Å². The molecule has 0 radical (unpaired) electrons. The van der Waals surface area contributed by atoms with Crippen molar-refractivity contribution >= 4 is 22.8 Å². The van der Waals surface area contributed by atoms with Crippen LogP contribution in [-0.2, 0) is 4.79 Å². The predicted molar refractivity (Wildman–Crippen MR) is 66.6 cm³/mol. The van der Waals surface area contributed by atoms with Gasteiger partial charge in [0.1, 0.15) is 5.82 Å². The van der Waals surface area contributed by atoms with E-state index >= 15 is 0 Å². The molecule has 0 aliphatic heterocycles. The molecule has 0 unspecified atom stereocenters. The largest absolute Gasteiger partial charge is 0.310 e. The van der Waals surface area contributed by atoms with Gasteiger partial charge in [-0.25, -0.2) is 4.98 Å². The smallest absolute Gasteiger partial charge is 0.226 e. The number of aromatic amines is 1. The van der Waals surface area contributed by atoms with Crippen molar-refractivity contribution in [1.29, 1.82) is 0 Å². The summed E-state index contributed by atoms with van der Waals surface area (Å²) in [5.74, 6) is 0.592. The molecule has 0 fully saturated rings. The molecule has 90 valence electrons. The molecule has 0 aromatic carbocycles. The number of pyridine rings is 1. The zero-order valence-electron chi connectivity index (χ0n) is 10.2. The Hall–Kier alpha value is -1.91. The second-order valence-corrected chi connectivity index (χ2v) is 5.26. The molecular formula is C12H16N4O. The Kier molecular flexibility index (Phi) is 2.83. The fraction of sp³-hybridized carbons (Fsp3) is 0.417. The minimum absolute atomic E-state index is 0.0214. The number of carbonyl (C=O) groups excluding carboxylic acids is 1. The molecule has 0 spiro atoms. The van der Waals surface area contributed by atoms with Crippen molar-refractivity contribution in [2.24, 2.45) is 5.41 Å². The quantitative estimate of drug-likeness (QED) is 0.834. The van der Waals surface area contributed by atoms with E-state index in [0.717, 1.165) is 5.39 Å². The zero-order valence-corrected chi connectivity index (χ0v) is 10.2. The Bertz CT molecular complexity index is 539. The van der Waals surface area contributed by atoms with Crippen molar-refractivity contribution in [3.05, 3.63) is 18.3 Å². The van der Waals surface area contributed by atoms with Crippen LogP contribution in [0.1, 0.15) is 27.2 Å². The predicted octanol–water partition coefficient (Wildman–Crippen LogP) is 2.33. The minimum Gasteiger partial charge on any atom is -0.310 e. The normalized spacial score (nSPS) is 11.7. The fourth-order valence-corrected chi connectivity index (χ4v) is 1.61. The Morgan fingerprint density at radius 1 is 1.47 bits per heavy atom. The van der Waals surface area contributed by atoms with E-state index in [0.29, 0.717) is 17.9 Å². The van der Waals surface area contributed by atoms with Crippen LogP contribution in [0.2, 0.25) is 0 Å². The van der Waals surface area contributed by atoms with Crippen LogP contribution >= 0.6 is 0 Å². The van der Waals surface area contributed by atoms with Crippen LogP contribution in [0, 0.1) is 5.41 Å². The van der Waals surface area contributed by atoms with E-state index in [-0.39, 0.29) is 11.3 Å². The lowest BCUT2D eigenvalue weighted by Gasteiger charge is -2.16. The van der Waals surface area contributed by atoms with E-state index in [1.165, 1.54) is 0 Å². The lowest BCUT2D eigenvalue weighted by Crippen LogP contribution is -2.19. The average molecular weight is 232 g/mol. The second-order valence-electron chi connectivity index (χ2n) is 5.26. The molecule has 2 rings (SSSR count). The average Bonchev–Trinajstić information content (AvgIpc) is 2.59. The Morgan fingerprint density at radius 3 is 2.94 bits per heavy atom. The second kappa shape index (κ2) is 4.16. The van der Waals surface area contributed by atoms with Gasteiger partial charge in [-0.15, -0.1) is 0 Å². The summed E-state index contributed by atoms with van der Waals surface area (Å²) in [5, 5.41) is 10.5. The number of nitrogens with one attached hydrogen (secondary N) is 2. The van der Waals surface area contributed by atoms with Crippen LogP contribution in [0.5, 0.6) is 0 Å². The third-order valence-corrected chi connectivity index (χ3v) is 2.28. The van der Waals surface area contributed by atoms with Crippen molar-refractivity contribution in [1.82, 2.24) is 15.2 Å². The highest BCUT2D eigenvalue weighted by molar-refractivity contribution is 5.98. The number of amides is 1. The highest BCUT2D eigenvalue weighted by atomic mass is 16.1. The molecule has 0 saturated carbocycles. The molecule has 0 atom stereocenters. The zero-order chi connectivity index (χ0) is 12.5. The Morgan fingerprint density at radius 2 is 2.24 bits per heavy atom. The van der Waals surface area contributed by atoms with Gasteiger partial charge in [-0.3, -0.25) is 9.89 Å². The summed E-state index contributed by atoms with van der Waals surface area (Å²) in [4.78, 5) is 15.9. The first-order valence-electron chi connectivity index (χ1n) is 5.55. The Labute approximate surface area is 99.6 Å². The van der Waals surface area contributed by atoms with E-state index in [1.54, 1.807) is 6.20 Å². The number of anilines is 1. The summed E-state index contributed by atoms with van der Waals surface area (Å²) >= 11 is 0. The van der Waals surface area contributed by atoms with Gasteiger partial charge in [0.15, 0.2) is 5.65 Å². The number of nitrogens with zero attached hydrogens (tertiary/aromatic N) is 2. The summed E-state index contributed by atoms with van der Waals surface area (Å²) < 4.78 is 0. The van der Waals surface area contributed by atoms with Gasteiger partial charge in [0.2, 0.25) is 5.91 Å². The third kappa shape index (κ3) is 2.81. The highest BCUT2D eigenvalue weighted by Gasteiger charge is 2.17. The number of hydrogen-bond donors (Lipinski definition) is 2. The van der Waals surface area contributed by atoms with Crippen molar-refractivity contribution in [2.75, 3.05) is 5.32 Å². The summed E-state index contributed by atoms with van der Waals surface area (Å²) in [6, 6.07) is 3.69. The molecule has 0 aliphatic rings. The van der Waals surface area contributed by atoms with Crippen LogP contribution in [-0.4, -0.2) is 21.1 Å². The van der Waals surface area contributed by atoms with Crippen molar-refractivity contribution in [2.45, 2.75) is 27.2 Å². The van der Waals surface area contributed by atoms with E-state index < -0.39 is 0 Å². The number of carbonyl (C=O) groups is 1. The van der Waals surface area contributed by atoms with Crippen molar-refractivity contribution < 1.29 is 4.79 Å². The molecule has 2 N–H and O–H groups in total. The fourth-order valence-electron chi connectivity index (χ4n) is 1.61. The summed E-state index contributed by atoms with van der Waals surface area (Å²) in [6.45, 7) is 6.08. The van der Waals surface area contributed by atoms with Crippen LogP contribution in [0.25, 0.3) is 11.0 Å². The molecule has 2 aromatic rings. The van der Waals surface area contributed by atoms with Gasteiger partial charge in [-0.1, -0.05) is 20.8 Å². The standard InChI is InChI=1S/C12H16N4O/c1-12(2,3)7-9(17)14-11-8-5-4-6-13-10(8)15-16-11/h4-6H,7H2,1-3H3,(H2,13,14,15,16,17).